The van der Waals surface area contributed by atoms with Crippen LogP contribution in [0.25, 0.3) is 10.1 Å². The molecule has 3 aliphatic heterocycles. The molecule has 4 heterocycles. The third-order valence-corrected chi connectivity index (χ3v) is 11.8. The molecule has 4 N–H and O–H groups in total. The van der Waals surface area contributed by atoms with Gasteiger partial charge in [-0.3, -0.25) is 23.7 Å². The summed E-state index contributed by atoms with van der Waals surface area (Å²) < 4.78 is 59.9. The van der Waals surface area contributed by atoms with Gasteiger partial charge in [-0.1, -0.05) is 18.9 Å². The summed E-state index contributed by atoms with van der Waals surface area (Å²) in [6, 6.07) is 2.72. The van der Waals surface area contributed by atoms with Crippen molar-refractivity contribution in [1.29, 1.82) is 4.78 Å². The highest BCUT2D eigenvalue weighted by atomic mass is 32.2. The fourth-order valence-electron chi connectivity index (χ4n) is 5.76. The number of hydrogen-bond acceptors (Lipinski definition) is 7. The third-order valence-electron chi connectivity index (χ3n) is 8.17. The van der Waals surface area contributed by atoms with E-state index >= 15 is 0 Å². The predicted molar refractivity (Wildman–Crippen MR) is 148 cm³/mol. The number of nitrogens with zero attached hydrogens (tertiary/aromatic N) is 2. The first-order valence-corrected chi connectivity index (χ1v) is 17.7. The van der Waals surface area contributed by atoms with Crippen LogP contribution in [-0.2, 0) is 29.5 Å². The van der Waals surface area contributed by atoms with Gasteiger partial charge in [-0.05, 0) is 49.3 Å². The van der Waals surface area contributed by atoms with Crippen LogP contribution in [0.2, 0.25) is 0 Å². The summed E-state index contributed by atoms with van der Waals surface area (Å²) in [4.78, 5) is 61.6. The van der Waals surface area contributed by atoms with E-state index in [1.54, 1.807) is 4.90 Å². The summed E-state index contributed by atoms with van der Waals surface area (Å²) in [5.74, 6) is -1.19. The number of alkyl halides is 2. The van der Waals surface area contributed by atoms with Crippen molar-refractivity contribution in [2.75, 3.05) is 19.3 Å². The molecule has 4 atom stereocenters. The number of hydrogen-bond donors (Lipinski definition) is 4. The second-order valence-electron chi connectivity index (χ2n) is 11.0. The average Bonchev–Trinajstić information content (AvgIpc) is 3.45. The molecule has 3 amide bonds. The van der Waals surface area contributed by atoms with Crippen LogP contribution in [0.1, 0.15) is 53.8 Å². The lowest BCUT2D eigenvalue weighted by molar-refractivity contribution is -0.149. The van der Waals surface area contributed by atoms with E-state index in [-0.39, 0.29) is 46.5 Å². The molecule has 2 aromatic rings. The maximum Gasteiger partial charge on any atom is 0.399 e. The fraction of sp³-hybridized carbons (Fsp3) is 0.560. The second kappa shape index (κ2) is 10.7. The first-order chi connectivity index (χ1) is 19.1. The van der Waals surface area contributed by atoms with E-state index in [1.165, 1.54) is 23.3 Å². The molecule has 11 nitrogen and oxygen atoms in total. The lowest BCUT2D eigenvalue weighted by atomic mass is 9.98. The van der Waals surface area contributed by atoms with E-state index < -0.39 is 46.5 Å². The highest BCUT2D eigenvalue weighted by Crippen LogP contribution is 2.59. The number of carbonyl (C=O) groups excluding carboxylic acids is 3. The van der Waals surface area contributed by atoms with Crippen LogP contribution >= 0.6 is 18.9 Å². The number of benzene rings is 1. The van der Waals surface area contributed by atoms with E-state index in [2.05, 4.69) is 5.32 Å². The van der Waals surface area contributed by atoms with Crippen molar-refractivity contribution in [3.05, 3.63) is 34.7 Å². The van der Waals surface area contributed by atoms with Crippen molar-refractivity contribution in [3.63, 3.8) is 0 Å². The molecule has 1 unspecified atom stereocenters. The van der Waals surface area contributed by atoms with Gasteiger partial charge < -0.3 is 24.9 Å². The molecule has 3 saturated heterocycles. The Morgan fingerprint density at radius 2 is 1.83 bits per heavy atom. The molecular formula is C25H31F2N4O7PS2. The maximum atomic E-state index is 14.2. The van der Waals surface area contributed by atoms with Gasteiger partial charge in [-0.2, -0.15) is 8.78 Å². The van der Waals surface area contributed by atoms with Gasteiger partial charge in [-0.15, -0.1) is 11.3 Å². The van der Waals surface area contributed by atoms with Crippen molar-refractivity contribution in [3.8, 4) is 0 Å². The van der Waals surface area contributed by atoms with Crippen molar-refractivity contribution >= 4 is 56.5 Å². The highest BCUT2D eigenvalue weighted by molar-refractivity contribution is 7.92. The van der Waals surface area contributed by atoms with Gasteiger partial charge in [0.15, 0.2) is 0 Å². The Morgan fingerprint density at radius 1 is 1.15 bits per heavy atom. The number of amides is 3. The average molecular weight is 633 g/mol. The van der Waals surface area contributed by atoms with Crippen LogP contribution in [0.5, 0.6) is 0 Å². The molecule has 0 radical (unpaired) electrons. The number of carbonyl (C=O) groups is 3. The van der Waals surface area contributed by atoms with E-state index in [0.717, 1.165) is 36.3 Å². The van der Waals surface area contributed by atoms with Crippen LogP contribution in [0.4, 0.5) is 8.78 Å². The molecule has 16 heteroatoms. The molecular weight excluding hydrogens is 601 g/mol. The molecule has 1 aromatic carbocycles. The molecule has 41 heavy (non-hydrogen) atoms. The SMILES string of the molecule is CS(=N)(=O)C1CN(C(=O)[C@@H]2CC[C@@H]3CCCC[C@H](NC(=O)c4cc5cc(C(F)(F)P(=O)(O)O)ccc5s4)C(=O)N32)C1. The molecule has 3 fully saturated rings. The normalized spacial score (nSPS) is 25.7. The molecule has 224 valence electrons. The molecule has 3 aliphatic rings. The standard InChI is InChI=1S/C25H31F2N4O7PS2/c1-41(28,38)17-12-30(13-17)24(34)19-8-7-16-4-2-3-5-18(23(33)31(16)19)29-22(32)21-11-14-10-15(6-9-20(14)40-21)25(26,27)39(35,36)37/h6,9-11,16-19,28H,2-5,7-8,12-13H2,1H3,(H,29,32)(H2,35,36,37)/t16-,18-,19-,41?/m0/s1. The summed E-state index contributed by atoms with van der Waals surface area (Å²) in [7, 11) is -8.52. The van der Waals surface area contributed by atoms with E-state index in [1.807, 2.05) is 0 Å². The summed E-state index contributed by atoms with van der Waals surface area (Å²) in [5, 5.41) is 2.57. The van der Waals surface area contributed by atoms with Crippen LogP contribution < -0.4 is 5.32 Å². The highest BCUT2D eigenvalue weighted by Gasteiger charge is 2.50. The number of thiophene rings is 1. The number of nitrogens with one attached hydrogen (secondary N) is 2. The fourth-order valence-corrected chi connectivity index (χ4v) is 8.11. The Balaban J connectivity index is 1.32. The Labute approximate surface area is 239 Å². The summed E-state index contributed by atoms with van der Waals surface area (Å²) in [5.41, 5.74) is -5.25. The first-order valence-electron chi connectivity index (χ1n) is 13.2. The number of fused-ring (bicyclic) bond motifs is 2. The Morgan fingerprint density at radius 3 is 2.49 bits per heavy atom. The van der Waals surface area contributed by atoms with Crippen molar-refractivity contribution < 1.29 is 41.7 Å². The van der Waals surface area contributed by atoms with Gasteiger partial charge >= 0.3 is 13.3 Å². The zero-order chi connectivity index (χ0) is 29.9. The van der Waals surface area contributed by atoms with Gasteiger partial charge in [0.25, 0.3) is 5.91 Å². The summed E-state index contributed by atoms with van der Waals surface area (Å²) >= 11 is 0.997. The summed E-state index contributed by atoms with van der Waals surface area (Å²) in [6.45, 7) is 0.434. The molecule has 0 spiro atoms. The molecule has 0 bridgehead atoms. The van der Waals surface area contributed by atoms with E-state index in [9.17, 15) is 31.9 Å². The lowest BCUT2D eigenvalue weighted by Crippen LogP contribution is -2.62. The Bertz CT molecular complexity index is 1550. The van der Waals surface area contributed by atoms with Crippen LogP contribution in [0, 0.1) is 4.78 Å². The van der Waals surface area contributed by atoms with Crippen LogP contribution in [0.3, 0.4) is 0 Å². The number of halogens is 2. The smallest absolute Gasteiger partial charge is 0.340 e. The maximum absolute atomic E-state index is 14.2. The lowest BCUT2D eigenvalue weighted by Gasteiger charge is -2.43. The van der Waals surface area contributed by atoms with Crippen molar-refractivity contribution in [2.45, 2.75) is 67.6 Å². The quantitative estimate of drug-likeness (QED) is 0.355. The van der Waals surface area contributed by atoms with Crippen molar-refractivity contribution in [1.82, 2.24) is 15.1 Å². The number of likely N-dealkylation sites (tertiary alicyclic amines) is 1. The van der Waals surface area contributed by atoms with Crippen LogP contribution in [-0.4, -0.2) is 84.2 Å². The Hall–Kier alpha value is -2.45. The van der Waals surface area contributed by atoms with E-state index in [4.69, 9.17) is 14.6 Å². The van der Waals surface area contributed by atoms with Crippen molar-refractivity contribution in [2.24, 2.45) is 0 Å². The third kappa shape index (κ3) is 5.66. The molecule has 5 rings (SSSR count). The minimum Gasteiger partial charge on any atom is -0.340 e. The van der Waals surface area contributed by atoms with Crippen LogP contribution in [0.15, 0.2) is 24.3 Å². The molecule has 1 aromatic heterocycles. The van der Waals surface area contributed by atoms with Gasteiger partial charge in [0.1, 0.15) is 12.1 Å². The minimum absolute atomic E-state index is 0.141. The zero-order valence-electron chi connectivity index (χ0n) is 22.1. The Kier molecular flexibility index (Phi) is 7.82. The predicted octanol–water partition coefficient (Wildman–Crippen LogP) is 3.05. The van der Waals surface area contributed by atoms with Gasteiger partial charge in [0, 0.05) is 45.4 Å². The summed E-state index contributed by atoms with van der Waals surface area (Å²) in [6.07, 6.45) is 5.09. The van der Waals surface area contributed by atoms with Gasteiger partial charge in [0.2, 0.25) is 11.8 Å². The zero-order valence-corrected chi connectivity index (χ0v) is 24.7. The second-order valence-corrected chi connectivity index (χ2v) is 16.2. The van der Waals surface area contributed by atoms with Gasteiger partial charge in [-0.25, -0.2) is 4.21 Å². The first kappa shape index (κ1) is 30.0. The largest absolute Gasteiger partial charge is 0.399 e. The molecule has 0 saturated carbocycles. The van der Waals surface area contributed by atoms with Gasteiger partial charge in [0.05, 0.1) is 10.1 Å². The molecule has 0 aliphatic carbocycles. The minimum atomic E-state index is -5.76. The monoisotopic (exact) mass is 632 g/mol. The topological polar surface area (TPSA) is 168 Å². The van der Waals surface area contributed by atoms with E-state index in [0.29, 0.717) is 30.4 Å². The number of rotatable bonds is 6.